The lowest BCUT2D eigenvalue weighted by molar-refractivity contribution is -0.147. The molecular formula is C26H40N4O10. The van der Waals surface area contributed by atoms with Crippen molar-refractivity contribution in [1.29, 1.82) is 0 Å². The minimum Gasteiger partial charge on any atom is -0.494 e. The first-order chi connectivity index (χ1) is 19.0. The second kappa shape index (κ2) is 17.4. The number of nitrogens with one attached hydrogen (secondary N) is 1. The van der Waals surface area contributed by atoms with Crippen LogP contribution in [-0.2, 0) is 25.6 Å². The lowest BCUT2D eigenvalue weighted by atomic mass is 10.1. The Hall–Kier alpha value is -3.30. The Bertz CT molecular complexity index is 961. The van der Waals surface area contributed by atoms with Gasteiger partial charge in [0.2, 0.25) is 0 Å². The van der Waals surface area contributed by atoms with Crippen molar-refractivity contribution in [3.8, 4) is 5.75 Å². The Morgan fingerprint density at radius 1 is 0.800 bits per heavy atom. The summed E-state index contributed by atoms with van der Waals surface area (Å²) in [5.74, 6) is -3.56. The first kappa shape index (κ1) is 32.9. The van der Waals surface area contributed by atoms with E-state index in [1.54, 1.807) is 34.1 Å². The van der Waals surface area contributed by atoms with Crippen molar-refractivity contribution < 1.29 is 49.4 Å². The molecular weight excluding hydrogens is 528 g/mol. The Kier molecular flexibility index (Phi) is 14.3. The van der Waals surface area contributed by atoms with Crippen molar-refractivity contribution in [1.82, 2.24) is 20.0 Å². The molecule has 1 aromatic carbocycles. The van der Waals surface area contributed by atoms with Crippen LogP contribution in [0.4, 0.5) is 0 Å². The molecule has 2 rings (SSSR count). The van der Waals surface area contributed by atoms with E-state index in [9.17, 15) is 39.6 Å². The highest BCUT2D eigenvalue weighted by molar-refractivity contribution is 5.70. The molecule has 6 N–H and O–H groups in total. The summed E-state index contributed by atoms with van der Waals surface area (Å²) >= 11 is 0. The number of aliphatic hydroxyl groups is 1. The minimum atomic E-state index is -1.29. The molecule has 0 aromatic heterocycles. The maximum Gasteiger partial charge on any atom is 0.317 e. The Morgan fingerprint density at radius 3 is 2.05 bits per heavy atom. The van der Waals surface area contributed by atoms with Gasteiger partial charge in [0, 0.05) is 45.7 Å². The topological polar surface area (TPSA) is 200 Å². The van der Waals surface area contributed by atoms with Crippen LogP contribution in [-0.4, -0.2) is 142 Å². The summed E-state index contributed by atoms with van der Waals surface area (Å²) in [6, 6.07) is 6.27. The smallest absolute Gasteiger partial charge is 0.317 e. The lowest BCUT2D eigenvalue weighted by Crippen LogP contribution is -2.57. The van der Waals surface area contributed by atoms with Gasteiger partial charge in [-0.1, -0.05) is 12.1 Å². The predicted molar refractivity (Wildman–Crippen MR) is 142 cm³/mol. The molecule has 0 radical (unpaired) electrons. The number of aryl methyl sites for hydroxylation is 1. The second-order valence-electron chi connectivity index (χ2n) is 9.66. The Morgan fingerprint density at radius 2 is 1.43 bits per heavy atom. The highest BCUT2D eigenvalue weighted by Gasteiger charge is 2.33. The van der Waals surface area contributed by atoms with Crippen LogP contribution in [0.2, 0.25) is 0 Å². The molecule has 2 unspecified atom stereocenters. The first-order valence-corrected chi connectivity index (χ1v) is 13.2. The van der Waals surface area contributed by atoms with Gasteiger partial charge in [0.05, 0.1) is 32.3 Å². The van der Waals surface area contributed by atoms with Crippen LogP contribution in [0.1, 0.15) is 24.8 Å². The fourth-order valence-corrected chi connectivity index (χ4v) is 4.58. The largest absolute Gasteiger partial charge is 0.494 e. The van der Waals surface area contributed by atoms with Gasteiger partial charge in [-0.3, -0.25) is 33.9 Å². The van der Waals surface area contributed by atoms with Crippen molar-refractivity contribution in [3.05, 3.63) is 29.8 Å². The van der Waals surface area contributed by atoms with Crippen LogP contribution in [0.25, 0.3) is 0 Å². The SMILES string of the molecule is O=C(O)CCc1ccc(OCCCC2C(O)N(CC(=O)O)CCNCCN(CC(=O)O)CCN2CC(=O)O)cc1. The summed E-state index contributed by atoms with van der Waals surface area (Å²) in [4.78, 5) is 50.0. The van der Waals surface area contributed by atoms with E-state index in [-0.39, 0.29) is 45.6 Å². The molecule has 224 valence electrons. The molecule has 14 nitrogen and oxygen atoms in total. The second-order valence-corrected chi connectivity index (χ2v) is 9.66. The number of carbonyl (C=O) groups is 4. The molecule has 0 saturated carbocycles. The standard InChI is InChI=1S/C26H40N4O10/c31-22(32)8-5-19-3-6-20(7-4-19)40-15-1-2-21-26(39)30(18-25(37)38)12-10-27-9-11-28(16-23(33)34)13-14-29(21)17-24(35)36/h3-4,6-7,21,26-27,39H,1-2,5,8-18H2,(H,31,32)(H,33,34)(H,35,36)(H,37,38). The third-order valence-electron chi connectivity index (χ3n) is 6.57. The van der Waals surface area contributed by atoms with E-state index in [0.29, 0.717) is 38.2 Å². The van der Waals surface area contributed by atoms with E-state index in [1.165, 1.54) is 4.90 Å². The van der Waals surface area contributed by atoms with Crippen LogP contribution >= 0.6 is 0 Å². The van der Waals surface area contributed by atoms with Crippen molar-refractivity contribution in [2.45, 2.75) is 38.0 Å². The Balaban J connectivity index is 2.14. The average molecular weight is 569 g/mol. The summed E-state index contributed by atoms with van der Waals surface area (Å²) in [7, 11) is 0. The van der Waals surface area contributed by atoms with Crippen LogP contribution in [0, 0.1) is 0 Å². The van der Waals surface area contributed by atoms with Crippen molar-refractivity contribution in [3.63, 3.8) is 0 Å². The minimum absolute atomic E-state index is 0.0276. The lowest BCUT2D eigenvalue weighted by Gasteiger charge is -2.40. The molecule has 0 aliphatic carbocycles. The van der Waals surface area contributed by atoms with Crippen LogP contribution in [0.3, 0.4) is 0 Å². The maximum absolute atomic E-state index is 11.7. The highest BCUT2D eigenvalue weighted by atomic mass is 16.5. The average Bonchev–Trinajstić information content (AvgIpc) is 2.88. The summed E-state index contributed by atoms with van der Waals surface area (Å²) in [6.07, 6.45) is -0.164. The van der Waals surface area contributed by atoms with Gasteiger partial charge in [-0.2, -0.15) is 0 Å². The first-order valence-electron chi connectivity index (χ1n) is 13.2. The normalized spacial score (nSPS) is 20.2. The molecule has 1 heterocycles. The van der Waals surface area contributed by atoms with Gasteiger partial charge in [-0.25, -0.2) is 0 Å². The van der Waals surface area contributed by atoms with Crippen LogP contribution < -0.4 is 10.1 Å². The van der Waals surface area contributed by atoms with Gasteiger partial charge in [-0.05, 0) is 37.0 Å². The van der Waals surface area contributed by atoms with Crippen molar-refractivity contribution >= 4 is 23.9 Å². The number of benzene rings is 1. The van der Waals surface area contributed by atoms with Crippen LogP contribution in [0.5, 0.6) is 5.75 Å². The van der Waals surface area contributed by atoms with E-state index in [1.807, 2.05) is 0 Å². The summed E-state index contributed by atoms with van der Waals surface area (Å²) in [5, 5.41) is 51.5. The monoisotopic (exact) mass is 568 g/mol. The summed E-state index contributed by atoms with van der Waals surface area (Å²) < 4.78 is 5.79. The third kappa shape index (κ3) is 12.7. The summed E-state index contributed by atoms with van der Waals surface area (Å²) in [6.45, 7) is 0.962. The molecule has 1 fully saturated rings. The number of aliphatic hydroxyl groups excluding tert-OH is 1. The number of rotatable bonds is 14. The zero-order valence-corrected chi connectivity index (χ0v) is 22.5. The van der Waals surface area contributed by atoms with E-state index >= 15 is 0 Å². The number of nitrogens with zero attached hydrogens (tertiary/aromatic N) is 3. The highest BCUT2D eigenvalue weighted by Crippen LogP contribution is 2.18. The number of hydrogen-bond acceptors (Lipinski definition) is 10. The van der Waals surface area contributed by atoms with Gasteiger partial charge in [0.1, 0.15) is 12.0 Å². The Labute approximate surface area is 232 Å². The van der Waals surface area contributed by atoms with Crippen LogP contribution in [0.15, 0.2) is 24.3 Å². The molecule has 1 saturated heterocycles. The number of carboxylic acid groups (broad SMARTS) is 4. The number of carboxylic acids is 4. The van der Waals surface area contributed by atoms with Gasteiger partial charge < -0.3 is 35.6 Å². The molecule has 14 heteroatoms. The van der Waals surface area contributed by atoms with Gasteiger partial charge in [-0.15, -0.1) is 0 Å². The predicted octanol–water partition coefficient (Wildman–Crippen LogP) is -0.687. The molecule has 0 bridgehead atoms. The molecule has 0 spiro atoms. The maximum atomic E-state index is 11.7. The van der Waals surface area contributed by atoms with Gasteiger partial charge in [0.15, 0.2) is 0 Å². The number of hydrogen-bond donors (Lipinski definition) is 6. The van der Waals surface area contributed by atoms with E-state index in [2.05, 4.69) is 5.32 Å². The third-order valence-corrected chi connectivity index (χ3v) is 6.57. The molecule has 1 aliphatic rings. The molecule has 1 aliphatic heterocycles. The quantitative estimate of drug-likeness (QED) is 0.154. The zero-order valence-electron chi connectivity index (χ0n) is 22.5. The van der Waals surface area contributed by atoms with E-state index in [4.69, 9.17) is 9.84 Å². The zero-order chi connectivity index (χ0) is 29.5. The van der Waals surface area contributed by atoms with E-state index in [0.717, 1.165) is 5.56 Å². The van der Waals surface area contributed by atoms with Gasteiger partial charge >= 0.3 is 23.9 Å². The molecule has 40 heavy (non-hydrogen) atoms. The number of ether oxygens (including phenoxy) is 1. The fraction of sp³-hybridized carbons (Fsp3) is 0.615. The summed E-state index contributed by atoms with van der Waals surface area (Å²) in [5.41, 5.74) is 0.861. The number of aliphatic carboxylic acids is 4. The molecule has 1 aromatic rings. The van der Waals surface area contributed by atoms with Gasteiger partial charge in [0.25, 0.3) is 0 Å². The molecule has 2 atom stereocenters. The van der Waals surface area contributed by atoms with Crippen molar-refractivity contribution in [2.75, 3.05) is 65.5 Å². The molecule has 0 amide bonds. The van der Waals surface area contributed by atoms with Crippen molar-refractivity contribution in [2.24, 2.45) is 0 Å². The van der Waals surface area contributed by atoms with E-state index < -0.39 is 49.2 Å². The fourth-order valence-electron chi connectivity index (χ4n) is 4.58.